The van der Waals surface area contributed by atoms with Gasteiger partial charge in [0, 0.05) is 23.9 Å². The Morgan fingerprint density at radius 1 is 1.33 bits per heavy atom. The maximum Gasteiger partial charge on any atom is 0.320 e. The molecule has 2 aromatic heterocycles. The molecule has 0 fully saturated rings. The Bertz CT molecular complexity index is 1190. The van der Waals surface area contributed by atoms with E-state index in [1.165, 1.54) is 16.8 Å². The average Bonchev–Trinajstić information content (AvgIpc) is 3.34. The number of carboxylic acid groups (broad SMARTS) is 1. The standard InChI is InChI=1S/C25H33N5O3/c1-14-7-8-18(15(2)17(14)10-12-26-16(3)24(31)32)22-27-23(33-29-22)21-19-9-11-25(4,5)13-20(19)30(6)28-21/h7-8,16,26H,9-13H2,1-6H3,(H,31,32)/t16-/m0/s1. The highest BCUT2D eigenvalue weighted by Gasteiger charge is 2.32. The monoisotopic (exact) mass is 451 g/mol. The molecule has 176 valence electrons. The van der Waals surface area contributed by atoms with Crippen molar-refractivity contribution in [3.8, 4) is 23.0 Å². The first-order valence-corrected chi connectivity index (χ1v) is 11.5. The quantitative estimate of drug-likeness (QED) is 0.561. The van der Waals surface area contributed by atoms with E-state index in [0.717, 1.165) is 48.1 Å². The highest BCUT2D eigenvalue weighted by Crippen LogP contribution is 2.38. The van der Waals surface area contributed by atoms with Crippen LogP contribution in [0.2, 0.25) is 0 Å². The molecule has 4 rings (SSSR count). The summed E-state index contributed by atoms with van der Waals surface area (Å²) in [6, 6.07) is 3.49. The van der Waals surface area contributed by atoms with Crippen molar-refractivity contribution < 1.29 is 14.4 Å². The van der Waals surface area contributed by atoms with Gasteiger partial charge >= 0.3 is 5.97 Å². The van der Waals surface area contributed by atoms with Crippen LogP contribution in [0.5, 0.6) is 0 Å². The van der Waals surface area contributed by atoms with E-state index in [-0.39, 0.29) is 5.41 Å². The molecule has 1 atom stereocenters. The van der Waals surface area contributed by atoms with E-state index < -0.39 is 12.0 Å². The molecule has 33 heavy (non-hydrogen) atoms. The summed E-state index contributed by atoms with van der Waals surface area (Å²) in [5.41, 5.74) is 7.85. The van der Waals surface area contributed by atoms with E-state index in [4.69, 9.17) is 19.7 Å². The van der Waals surface area contributed by atoms with Crippen LogP contribution < -0.4 is 5.32 Å². The number of rotatable bonds is 7. The number of carboxylic acids is 1. The lowest BCUT2D eigenvalue weighted by Gasteiger charge is -2.29. The second-order valence-electron chi connectivity index (χ2n) is 9.96. The SMILES string of the molecule is Cc1ccc(-c2noc(-c3nn(C)c4c3CCC(C)(C)C4)n2)c(C)c1CCN[C@@H](C)C(=O)O. The van der Waals surface area contributed by atoms with Crippen LogP contribution in [-0.4, -0.2) is 43.6 Å². The molecule has 0 aliphatic heterocycles. The Morgan fingerprint density at radius 3 is 2.82 bits per heavy atom. The number of carbonyl (C=O) groups is 1. The van der Waals surface area contributed by atoms with Crippen LogP contribution in [0.3, 0.4) is 0 Å². The minimum atomic E-state index is -0.850. The number of hydrogen-bond acceptors (Lipinski definition) is 6. The van der Waals surface area contributed by atoms with Crippen molar-refractivity contribution >= 4 is 5.97 Å². The molecule has 1 aliphatic rings. The Labute approximate surface area is 194 Å². The molecule has 8 nitrogen and oxygen atoms in total. The molecule has 0 spiro atoms. The van der Waals surface area contributed by atoms with Crippen molar-refractivity contribution in [3.05, 3.63) is 40.1 Å². The van der Waals surface area contributed by atoms with E-state index in [0.29, 0.717) is 18.3 Å². The second-order valence-corrected chi connectivity index (χ2v) is 9.96. The van der Waals surface area contributed by atoms with E-state index >= 15 is 0 Å². The Hall–Kier alpha value is -3.00. The molecule has 1 aromatic carbocycles. The molecule has 8 heteroatoms. The maximum absolute atomic E-state index is 11.1. The van der Waals surface area contributed by atoms with Crippen molar-refractivity contribution in [2.45, 2.75) is 66.3 Å². The summed E-state index contributed by atoms with van der Waals surface area (Å²) in [5, 5.41) is 21.1. The van der Waals surface area contributed by atoms with Crippen LogP contribution in [-0.2, 0) is 31.1 Å². The van der Waals surface area contributed by atoms with Crippen LogP contribution in [0.25, 0.3) is 23.0 Å². The number of hydrogen-bond donors (Lipinski definition) is 2. The van der Waals surface area contributed by atoms with Gasteiger partial charge in [-0.1, -0.05) is 31.1 Å². The van der Waals surface area contributed by atoms with Gasteiger partial charge in [-0.15, -0.1) is 0 Å². The third kappa shape index (κ3) is 4.57. The van der Waals surface area contributed by atoms with Gasteiger partial charge in [0.1, 0.15) is 6.04 Å². The van der Waals surface area contributed by atoms with Gasteiger partial charge in [-0.2, -0.15) is 10.1 Å². The summed E-state index contributed by atoms with van der Waals surface area (Å²) in [4.78, 5) is 15.8. The molecule has 1 aliphatic carbocycles. The summed E-state index contributed by atoms with van der Waals surface area (Å²) >= 11 is 0. The van der Waals surface area contributed by atoms with E-state index in [1.54, 1.807) is 6.92 Å². The van der Waals surface area contributed by atoms with E-state index in [9.17, 15) is 4.79 Å². The molecule has 0 unspecified atom stereocenters. The lowest BCUT2D eigenvalue weighted by atomic mass is 9.76. The highest BCUT2D eigenvalue weighted by molar-refractivity contribution is 5.72. The molecule has 0 bridgehead atoms. The number of fused-ring (bicyclic) bond motifs is 1. The fourth-order valence-electron chi connectivity index (χ4n) is 4.71. The summed E-state index contributed by atoms with van der Waals surface area (Å²) < 4.78 is 7.64. The minimum absolute atomic E-state index is 0.268. The van der Waals surface area contributed by atoms with Gasteiger partial charge in [0.25, 0.3) is 5.89 Å². The molecule has 0 amide bonds. The van der Waals surface area contributed by atoms with Gasteiger partial charge in [0.05, 0.1) is 0 Å². The number of nitrogens with one attached hydrogen (secondary N) is 1. The van der Waals surface area contributed by atoms with Crippen LogP contribution in [0.4, 0.5) is 0 Å². The normalized spacial score (nSPS) is 15.9. The molecule has 2 N–H and O–H groups in total. The van der Waals surface area contributed by atoms with Gasteiger partial charge in [-0.3, -0.25) is 9.48 Å². The van der Waals surface area contributed by atoms with E-state index in [2.05, 4.69) is 44.2 Å². The molecular weight excluding hydrogens is 418 g/mol. The number of nitrogens with zero attached hydrogens (tertiary/aromatic N) is 4. The lowest BCUT2D eigenvalue weighted by Crippen LogP contribution is -2.35. The van der Waals surface area contributed by atoms with Gasteiger partial charge in [-0.25, -0.2) is 0 Å². The van der Waals surface area contributed by atoms with E-state index in [1.807, 2.05) is 17.8 Å². The second kappa shape index (κ2) is 8.74. The highest BCUT2D eigenvalue weighted by atomic mass is 16.5. The third-order valence-electron chi connectivity index (χ3n) is 6.87. The maximum atomic E-state index is 11.1. The van der Waals surface area contributed by atoms with Gasteiger partial charge in [0.15, 0.2) is 5.69 Å². The number of aromatic nitrogens is 4. The smallest absolute Gasteiger partial charge is 0.320 e. The van der Waals surface area contributed by atoms with Crippen molar-refractivity contribution in [2.75, 3.05) is 6.54 Å². The summed E-state index contributed by atoms with van der Waals surface area (Å²) in [5.74, 6) is 0.156. The zero-order chi connectivity index (χ0) is 23.9. The van der Waals surface area contributed by atoms with Gasteiger partial charge in [0.2, 0.25) is 5.82 Å². The number of aliphatic carboxylic acids is 1. The summed E-state index contributed by atoms with van der Waals surface area (Å²) in [6.45, 7) is 10.9. The first-order chi connectivity index (χ1) is 15.6. The number of benzene rings is 1. The van der Waals surface area contributed by atoms with Gasteiger partial charge < -0.3 is 14.9 Å². The molecular formula is C25H33N5O3. The van der Waals surface area contributed by atoms with Crippen molar-refractivity contribution in [1.82, 2.24) is 25.2 Å². The van der Waals surface area contributed by atoms with Crippen LogP contribution in [0, 0.1) is 19.3 Å². The number of aryl methyl sites for hydroxylation is 2. The molecule has 0 radical (unpaired) electrons. The molecule has 3 aromatic rings. The predicted molar refractivity (Wildman–Crippen MR) is 126 cm³/mol. The Kier molecular flexibility index (Phi) is 6.14. The van der Waals surface area contributed by atoms with Crippen molar-refractivity contribution in [2.24, 2.45) is 12.5 Å². The Morgan fingerprint density at radius 2 is 2.09 bits per heavy atom. The Balaban J connectivity index is 1.60. The first kappa shape index (κ1) is 23.2. The largest absolute Gasteiger partial charge is 0.480 e. The fourth-order valence-corrected chi connectivity index (χ4v) is 4.71. The van der Waals surface area contributed by atoms with Gasteiger partial charge in [-0.05, 0) is 75.1 Å². The van der Waals surface area contributed by atoms with Crippen molar-refractivity contribution in [3.63, 3.8) is 0 Å². The molecule has 0 saturated heterocycles. The molecule has 0 saturated carbocycles. The topological polar surface area (TPSA) is 106 Å². The first-order valence-electron chi connectivity index (χ1n) is 11.5. The average molecular weight is 452 g/mol. The predicted octanol–water partition coefficient (Wildman–Crippen LogP) is 3.87. The molecule has 2 heterocycles. The minimum Gasteiger partial charge on any atom is -0.480 e. The zero-order valence-electron chi connectivity index (χ0n) is 20.3. The third-order valence-corrected chi connectivity index (χ3v) is 6.87. The van der Waals surface area contributed by atoms with Crippen molar-refractivity contribution in [1.29, 1.82) is 0 Å². The van der Waals surface area contributed by atoms with Crippen LogP contribution in [0.15, 0.2) is 16.7 Å². The van der Waals surface area contributed by atoms with Crippen LogP contribution in [0.1, 0.15) is 55.1 Å². The summed E-state index contributed by atoms with van der Waals surface area (Å²) in [7, 11) is 1.98. The van der Waals surface area contributed by atoms with Crippen LogP contribution >= 0.6 is 0 Å². The fraction of sp³-hybridized carbons (Fsp3) is 0.520. The lowest BCUT2D eigenvalue weighted by molar-refractivity contribution is -0.138. The summed E-state index contributed by atoms with van der Waals surface area (Å²) in [6.07, 6.45) is 3.77. The zero-order valence-corrected chi connectivity index (χ0v) is 20.3.